The first-order valence-corrected chi connectivity index (χ1v) is 7.79. The van der Waals surface area contributed by atoms with Crippen molar-refractivity contribution < 1.29 is 19.4 Å². The van der Waals surface area contributed by atoms with Crippen LogP contribution in [-0.4, -0.2) is 38.7 Å². The highest BCUT2D eigenvalue weighted by Gasteiger charge is 2.49. The van der Waals surface area contributed by atoms with Gasteiger partial charge in [-0.05, 0) is 18.2 Å². The van der Waals surface area contributed by atoms with Gasteiger partial charge in [-0.25, -0.2) is 4.79 Å². The van der Waals surface area contributed by atoms with E-state index >= 15 is 0 Å². The van der Waals surface area contributed by atoms with Gasteiger partial charge >= 0.3 is 6.03 Å². The molecule has 4 rings (SSSR count). The minimum atomic E-state index is -1.47. The normalized spacial score (nSPS) is 19.4. The number of benzene rings is 1. The van der Waals surface area contributed by atoms with Crippen LogP contribution in [0.15, 0.2) is 43.0 Å². The van der Waals surface area contributed by atoms with Crippen molar-refractivity contribution in [3.63, 3.8) is 0 Å². The molecule has 1 fully saturated rings. The van der Waals surface area contributed by atoms with Crippen molar-refractivity contribution in [3.05, 3.63) is 48.7 Å². The summed E-state index contributed by atoms with van der Waals surface area (Å²) in [5, 5.41) is 16.8. The highest BCUT2D eigenvalue weighted by Crippen LogP contribution is 2.34. The number of carbonyl (C=O) groups excluding carboxylic acids is 2. The molecular weight excluding hydrogens is 338 g/mol. The number of ether oxygens (including phenoxy) is 1. The number of aromatic hydroxyl groups is 1. The van der Waals surface area contributed by atoms with Crippen molar-refractivity contribution in [2.75, 3.05) is 7.11 Å². The minimum absolute atomic E-state index is 0.0453. The molecule has 26 heavy (non-hydrogen) atoms. The number of methoxy groups -OCH3 is 1. The number of amides is 3. The van der Waals surface area contributed by atoms with Crippen molar-refractivity contribution in [1.29, 1.82) is 0 Å². The molecule has 0 radical (unpaired) electrons. The molecule has 1 aromatic carbocycles. The number of carbonyl (C=O) groups is 2. The van der Waals surface area contributed by atoms with Gasteiger partial charge in [-0.2, -0.15) is 0 Å². The smallest absolute Gasteiger partial charge is 0.322 e. The summed E-state index contributed by atoms with van der Waals surface area (Å²) in [6.07, 6.45) is 6.01. The molecule has 132 valence electrons. The van der Waals surface area contributed by atoms with E-state index in [-0.39, 0.29) is 18.1 Å². The summed E-state index contributed by atoms with van der Waals surface area (Å²) in [5.41, 5.74) is -1.19. The van der Waals surface area contributed by atoms with Crippen molar-refractivity contribution in [2.24, 2.45) is 0 Å². The van der Waals surface area contributed by atoms with Crippen LogP contribution in [0.5, 0.6) is 11.6 Å². The molecule has 9 nitrogen and oxygen atoms in total. The zero-order valence-electron chi connectivity index (χ0n) is 13.8. The van der Waals surface area contributed by atoms with E-state index < -0.39 is 17.5 Å². The number of hydrogen-bond acceptors (Lipinski definition) is 6. The zero-order valence-corrected chi connectivity index (χ0v) is 13.8. The molecule has 3 heterocycles. The van der Waals surface area contributed by atoms with Gasteiger partial charge in [0.2, 0.25) is 0 Å². The maximum atomic E-state index is 12.6. The predicted molar refractivity (Wildman–Crippen MR) is 90.5 cm³/mol. The van der Waals surface area contributed by atoms with Crippen LogP contribution in [0, 0.1) is 0 Å². The number of nitrogens with one attached hydrogen (secondary N) is 2. The molecule has 3 N–H and O–H groups in total. The second kappa shape index (κ2) is 5.73. The van der Waals surface area contributed by atoms with Crippen LogP contribution in [0.3, 0.4) is 0 Å². The fourth-order valence-electron chi connectivity index (χ4n) is 3.11. The molecule has 1 aliphatic heterocycles. The maximum absolute atomic E-state index is 12.6. The van der Waals surface area contributed by atoms with Crippen LogP contribution < -0.4 is 15.4 Å². The number of nitrogens with zero attached hydrogens (tertiary/aromatic N) is 3. The maximum Gasteiger partial charge on any atom is 0.322 e. The van der Waals surface area contributed by atoms with E-state index in [0.29, 0.717) is 11.1 Å². The molecule has 1 atom stereocenters. The molecule has 1 saturated heterocycles. The Balaban J connectivity index is 1.82. The topological polar surface area (TPSA) is 118 Å². The average Bonchev–Trinajstić information content (AvgIpc) is 3.12. The molecule has 0 unspecified atom stereocenters. The highest BCUT2D eigenvalue weighted by molar-refractivity contribution is 6.07. The minimum Gasteiger partial charge on any atom is -0.497 e. The fourth-order valence-corrected chi connectivity index (χ4v) is 3.11. The van der Waals surface area contributed by atoms with Crippen molar-refractivity contribution in [2.45, 2.75) is 12.1 Å². The van der Waals surface area contributed by atoms with Crippen LogP contribution in [0.2, 0.25) is 0 Å². The standard InChI is InChI=1S/C17H15N5O4/c1-26-11-3-2-10-8-22(14(23)12(10)6-11)9-17(13-7-18-4-5-19-13)15(24)20-16(25)21-17/h2-8,23H,9H2,1H3,(H2,20,21,24,25)/t17-/m1/s1. The van der Waals surface area contributed by atoms with Crippen molar-refractivity contribution in [1.82, 2.24) is 25.2 Å². The van der Waals surface area contributed by atoms with Crippen LogP contribution in [-0.2, 0) is 16.9 Å². The summed E-state index contributed by atoms with van der Waals surface area (Å²) in [6, 6.07) is 4.64. The van der Waals surface area contributed by atoms with Gasteiger partial charge in [0.15, 0.2) is 11.4 Å². The van der Waals surface area contributed by atoms with E-state index in [1.807, 2.05) is 0 Å². The molecule has 0 aliphatic carbocycles. The Labute approximate surface area is 147 Å². The summed E-state index contributed by atoms with van der Waals surface area (Å²) in [4.78, 5) is 32.5. The molecule has 2 aromatic heterocycles. The van der Waals surface area contributed by atoms with Crippen LogP contribution >= 0.6 is 0 Å². The van der Waals surface area contributed by atoms with Gasteiger partial charge in [0.25, 0.3) is 5.91 Å². The lowest BCUT2D eigenvalue weighted by Gasteiger charge is -2.25. The SMILES string of the molecule is COc1ccc2cn(C[C@]3(c4cnccn4)NC(=O)NC3=O)c(O)c2c1. The van der Waals surface area contributed by atoms with Crippen LogP contribution in [0.4, 0.5) is 4.79 Å². The number of hydrogen-bond donors (Lipinski definition) is 3. The third kappa shape index (κ3) is 2.32. The number of rotatable bonds is 4. The third-order valence-electron chi connectivity index (χ3n) is 4.42. The number of imide groups is 1. The van der Waals surface area contributed by atoms with E-state index in [1.165, 1.54) is 30.3 Å². The monoisotopic (exact) mass is 353 g/mol. The molecule has 9 heteroatoms. The Kier molecular flexibility index (Phi) is 3.50. The summed E-state index contributed by atoms with van der Waals surface area (Å²) < 4.78 is 6.67. The lowest BCUT2D eigenvalue weighted by Crippen LogP contribution is -2.48. The van der Waals surface area contributed by atoms with E-state index in [0.717, 1.165) is 5.39 Å². The first-order valence-electron chi connectivity index (χ1n) is 7.79. The Hall–Kier alpha value is -3.62. The van der Waals surface area contributed by atoms with Gasteiger partial charge in [0.05, 0.1) is 25.5 Å². The summed E-state index contributed by atoms with van der Waals surface area (Å²) in [6.45, 7) is -0.0495. The molecule has 0 bridgehead atoms. The lowest BCUT2D eigenvalue weighted by molar-refractivity contribution is -0.125. The molecule has 3 amide bonds. The van der Waals surface area contributed by atoms with E-state index in [2.05, 4.69) is 20.6 Å². The average molecular weight is 353 g/mol. The van der Waals surface area contributed by atoms with Gasteiger partial charge in [0, 0.05) is 29.4 Å². The molecule has 0 saturated carbocycles. The van der Waals surface area contributed by atoms with Crippen LogP contribution in [0.25, 0.3) is 10.8 Å². The Morgan fingerprint density at radius 3 is 2.81 bits per heavy atom. The third-order valence-corrected chi connectivity index (χ3v) is 4.42. The van der Waals surface area contributed by atoms with E-state index in [4.69, 9.17) is 4.74 Å². The predicted octanol–water partition coefficient (Wildman–Crippen LogP) is 0.880. The molecular formula is C17H15N5O4. The number of fused-ring (bicyclic) bond motifs is 1. The second-order valence-electron chi connectivity index (χ2n) is 5.94. The summed E-state index contributed by atoms with van der Waals surface area (Å²) in [5.74, 6) is -0.00467. The Bertz CT molecular complexity index is 1020. The van der Waals surface area contributed by atoms with Gasteiger partial charge in [-0.3, -0.25) is 20.1 Å². The van der Waals surface area contributed by atoms with Gasteiger partial charge in [0.1, 0.15) is 5.75 Å². The fraction of sp³-hybridized carbons (Fsp3) is 0.176. The Morgan fingerprint density at radius 2 is 2.15 bits per heavy atom. The van der Waals surface area contributed by atoms with E-state index in [9.17, 15) is 14.7 Å². The van der Waals surface area contributed by atoms with Gasteiger partial charge < -0.3 is 19.7 Å². The van der Waals surface area contributed by atoms with Gasteiger partial charge in [-0.1, -0.05) is 0 Å². The highest BCUT2D eigenvalue weighted by atomic mass is 16.5. The van der Waals surface area contributed by atoms with Gasteiger partial charge in [-0.15, -0.1) is 0 Å². The summed E-state index contributed by atoms with van der Waals surface area (Å²) in [7, 11) is 1.54. The molecule has 1 aliphatic rings. The van der Waals surface area contributed by atoms with Crippen LogP contribution in [0.1, 0.15) is 5.69 Å². The van der Waals surface area contributed by atoms with E-state index in [1.54, 1.807) is 24.4 Å². The van der Waals surface area contributed by atoms with Crippen molar-refractivity contribution in [3.8, 4) is 11.6 Å². The largest absolute Gasteiger partial charge is 0.497 e. The first kappa shape index (κ1) is 15.9. The Morgan fingerprint density at radius 1 is 1.31 bits per heavy atom. The molecule has 0 spiro atoms. The molecule has 3 aromatic rings. The second-order valence-corrected chi connectivity index (χ2v) is 5.94. The lowest BCUT2D eigenvalue weighted by atomic mass is 9.95. The zero-order chi connectivity index (χ0) is 18.3. The summed E-state index contributed by atoms with van der Waals surface area (Å²) >= 11 is 0. The number of aromatic nitrogens is 3. The number of urea groups is 1. The quantitative estimate of drug-likeness (QED) is 0.599. The van der Waals surface area contributed by atoms with Crippen molar-refractivity contribution >= 4 is 22.7 Å². The first-order chi connectivity index (χ1) is 12.5.